The number of halogens is 2. The molecular weight excluding hydrogens is 393 g/mol. The summed E-state index contributed by atoms with van der Waals surface area (Å²) in [5.74, 6) is 0.970. The van der Waals surface area contributed by atoms with E-state index in [1.165, 1.54) is 25.5 Å². The van der Waals surface area contributed by atoms with Crippen LogP contribution >= 0.6 is 11.6 Å². The Morgan fingerprint density at radius 3 is 2.72 bits per heavy atom. The lowest BCUT2D eigenvalue weighted by Crippen LogP contribution is -2.01. The van der Waals surface area contributed by atoms with Crippen molar-refractivity contribution >= 4 is 40.2 Å². The Morgan fingerprint density at radius 1 is 1.17 bits per heavy atom. The van der Waals surface area contributed by atoms with E-state index >= 15 is 0 Å². The zero-order valence-electron chi connectivity index (χ0n) is 15.3. The summed E-state index contributed by atoms with van der Waals surface area (Å²) in [6.07, 6.45) is 4.54. The number of nitrogens with one attached hydrogen (secondary N) is 2. The summed E-state index contributed by atoms with van der Waals surface area (Å²) in [5, 5.41) is 11.5. The van der Waals surface area contributed by atoms with Crippen LogP contribution in [0.4, 0.5) is 15.9 Å². The van der Waals surface area contributed by atoms with Crippen molar-refractivity contribution in [1.29, 1.82) is 5.41 Å². The lowest BCUT2D eigenvalue weighted by molar-refractivity contribution is 0.415. The standard InChI is InChI=1S/C21H15ClFN5O/c1-29-19-9-15-18(7-13(19)10-24)27-20(12-3-2-6-25-11-12)28-21(15)26-14-4-5-17(23)16(22)8-14/h2-11,24H,1H3,(H,26,27,28). The average Bonchev–Trinajstić information content (AvgIpc) is 2.75. The van der Waals surface area contributed by atoms with Crippen LogP contribution in [0.1, 0.15) is 5.56 Å². The second-order valence-electron chi connectivity index (χ2n) is 6.15. The molecule has 8 heteroatoms. The number of anilines is 2. The van der Waals surface area contributed by atoms with Crippen molar-refractivity contribution < 1.29 is 9.13 Å². The fourth-order valence-electron chi connectivity index (χ4n) is 2.89. The molecule has 4 rings (SSSR count). The van der Waals surface area contributed by atoms with Gasteiger partial charge in [0.25, 0.3) is 0 Å². The monoisotopic (exact) mass is 407 g/mol. The molecule has 4 aromatic rings. The maximum Gasteiger partial charge on any atom is 0.163 e. The summed E-state index contributed by atoms with van der Waals surface area (Å²) in [4.78, 5) is 13.4. The van der Waals surface area contributed by atoms with E-state index in [1.807, 2.05) is 6.07 Å². The first kappa shape index (κ1) is 18.8. The number of rotatable bonds is 5. The van der Waals surface area contributed by atoms with Gasteiger partial charge >= 0.3 is 0 Å². The summed E-state index contributed by atoms with van der Waals surface area (Å²) in [6.45, 7) is 0. The number of ether oxygens (including phenoxy) is 1. The highest BCUT2D eigenvalue weighted by molar-refractivity contribution is 6.31. The van der Waals surface area contributed by atoms with Crippen LogP contribution in [0.15, 0.2) is 54.9 Å². The molecule has 0 saturated heterocycles. The summed E-state index contributed by atoms with van der Waals surface area (Å²) in [6, 6.07) is 11.5. The maximum atomic E-state index is 13.5. The van der Waals surface area contributed by atoms with Gasteiger partial charge in [-0.25, -0.2) is 14.4 Å². The summed E-state index contributed by atoms with van der Waals surface area (Å²) in [5.41, 5.74) is 2.52. The van der Waals surface area contributed by atoms with E-state index in [0.717, 1.165) is 5.56 Å². The van der Waals surface area contributed by atoms with Crippen LogP contribution in [-0.4, -0.2) is 28.3 Å². The second-order valence-corrected chi connectivity index (χ2v) is 6.55. The molecular formula is C21H15ClFN5O. The number of hydrogen-bond acceptors (Lipinski definition) is 6. The van der Waals surface area contributed by atoms with Crippen LogP contribution in [0, 0.1) is 11.2 Å². The van der Waals surface area contributed by atoms with Gasteiger partial charge in [0.1, 0.15) is 17.4 Å². The van der Waals surface area contributed by atoms with Crippen molar-refractivity contribution in [3.8, 4) is 17.1 Å². The number of hydrogen-bond donors (Lipinski definition) is 2. The van der Waals surface area contributed by atoms with E-state index in [1.54, 1.807) is 36.7 Å². The molecule has 0 aliphatic heterocycles. The molecule has 0 fully saturated rings. The molecule has 2 heterocycles. The van der Waals surface area contributed by atoms with Gasteiger partial charge in [0.05, 0.1) is 17.6 Å². The molecule has 0 atom stereocenters. The minimum Gasteiger partial charge on any atom is -0.496 e. The van der Waals surface area contributed by atoms with Crippen LogP contribution in [0.5, 0.6) is 5.75 Å². The number of fused-ring (bicyclic) bond motifs is 1. The molecule has 29 heavy (non-hydrogen) atoms. The number of methoxy groups -OCH3 is 1. The van der Waals surface area contributed by atoms with E-state index in [0.29, 0.717) is 39.5 Å². The molecule has 0 bridgehead atoms. The van der Waals surface area contributed by atoms with Crippen molar-refractivity contribution in [2.24, 2.45) is 0 Å². The first-order valence-electron chi connectivity index (χ1n) is 8.62. The molecule has 0 spiro atoms. The van der Waals surface area contributed by atoms with E-state index in [2.05, 4.69) is 20.3 Å². The third-order valence-electron chi connectivity index (χ3n) is 4.30. The SMILES string of the molecule is COc1cc2c(Nc3ccc(F)c(Cl)c3)nc(-c3cccnc3)nc2cc1C=N. The van der Waals surface area contributed by atoms with Crippen LogP contribution < -0.4 is 10.1 Å². The van der Waals surface area contributed by atoms with Crippen molar-refractivity contribution in [2.45, 2.75) is 0 Å². The van der Waals surface area contributed by atoms with Crippen LogP contribution in [0.3, 0.4) is 0 Å². The number of aromatic nitrogens is 3. The lowest BCUT2D eigenvalue weighted by Gasteiger charge is -2.13. The third-order valence-corrected chi connectivity index (χ3v) is 4.59. The zero-order valence-corrected chi connectivity index (χ0v) is 16.0. The van der Waals surface area contributed by atoms with Gasteiger partial charge in [-0.3, -0.25) is 4.98 Å². The Labute approximate surface area is 170 Å². The molecule has 0 unspecified atom stereocenters. The molecule has 0 amide bonds. The van der Waals surface area contributed by atoms with Crippen molar-refractivity contribution in [1.82, 2.24) is 15.0 Å². The lowest BCUT2D eigenvalue weighted by atomic mass is 10.1. The van der Waals surface area contributed by atoms with Gasteiger partial charge in [0.15, 0.2) is 5.82 Å². The predicted molar refractivity (Wildman–Crippen MR) is 112 cm³/mol. The van der Waals surface area contributed by atoms with E-state index in [4.69, 9.17) is 21.7 Å². The van der Waals surface area contributed by atoms with E-state index in [-0.39, 0.29) is 5.02 Å². The summed E-state index contributed by atoms with van der Waals surface area (Å²) in [7, 11) is 1.53. The van der Waals surface area contributed by atoms with Gasteiger partial charge in [0, 0.05) is 40.8 Å². The Hall–Kier alpha value is -3.58. The largest absolute Gasteiger partial charge is 0.496 e. The quantitative estimate of drug-likeness (QED) is 0.442. The first-order valence-corrected chi connectivity index (χ1v) is 8.99. The number of nitrogens with zero attached hydrogens (tertiary/aromatic N) is 3. The van der Waals surface area contributed by atoms with Gasteiger partial charge in [-0.05, 0) is 42.5 Å². The molecule has 0 saturated carbocycles. The molecule has 2 aromatic carbocycles. The molecule has 0 aliphatic rings. The second kappa shape index (κ2) is 7.81. The molecule has 2 aromatic heterocycles. The predicted octanol–water partition coefficient (Wildman–Crippen LogP) is 5.23. The molecule has 0 aliphatic carbocycles. The Kier molecular flexibility index (Phi) is 5.05. The fraction of sp³-hybridized carbons (Fsp3) is 0.0476. The highest BCUT2D eigenvalue weighted by Crippen LogP contribution is 2.32. The van der Waals surface area contributed by atoms with E-state index < -0.39 is 5.82 Å². The van der Waals surface area contributed by atoms with E-state index in [9.17, 15) is 4.39 Å². The minimum atomic E-state index is -0.502. The Morgan fingerprint density at radius 2 is 2.03 bits per heavy atom. The first-order chi connectivity index (χ1) is 14.1. The minimum absolute atomic E-state index is 0.00418. The third kappa shape index (κ3) is 3.72. The zero-order chi connectivity index (χ0) is 20.4. The smallest absolute Gasteiger partial charge is 0.163 e. The highest BCUT2D eigenvalue weighted by atomic mass is 35.5. The number of pyridine rings is 1. The van der Waals surface area contributed by atoms with Gasteiger partial charge in [-0.2, -0.15) is 0 Å². The van der Waals surface area contributed by atoms with Crippen molar-refractivity contribution in [3.05, 3.63) is 71.3 Å². The van der Waals surface area contributed by atoms with Crippen molar-refractivity contribution in [3.63, 3.8) is 0 Å². The Bertz CT molecular complexity index is 1220. The number of benzene rings is 2. The van der Waals surface area contributed by atoms with Crippen LogP contribution in [0.25, 0.3) is 22.3 Å². The van der Waals surface area contributed by atoms with Crippen LogP contribution in [0.2, 0.25) is 5.02 Å². The van der Waals surface area contributed by atoms with Gasteiger partial charge in [0.2, 0.25) is 0 Å². The fourth-order valence-corrected chi connectivity index (χ4v) is 3.07. The molecule has 6 nitrogen and oxygen atoms in total. The molecule has 144 valence electrons. The highest BCUT2D eigenvalue weighted by Gasteiger charge is 2.14. The van der Waals surface area contributed by atoms with Crippen LogP contribution in [-0.2, 0) is 0 Å². The van der Waals surface area contributed by atoms with Gasteiger partial charge in [-0.1, -0.05) is 11.6 Å². The molecule has 0 radical (unpaired) electrons. The summed E-state index contributed by atoms with van der Waals surface area (Å²) < 4.78 is 18.9. The summed E-state index contributed by atoms with van der Waals surface area (Å²) >= 11 is 5.91. The topological polar surface area (TPSA) is 83.8 Å². The van der Waals surface area contributed by atoms with Gasteiger partial charge < -0.3 is 15.5 Å². The normalized spacial score (nSPS) is 10.7. The van der Waals surface area contributed by atoms with Gasteiger partial charge in [-0.15, -0.1) is 0 Å². The van der Waals surface area contributed by atoms with Crippen molar-refractivity contribution in [2.75, 3.05) is 12.4 Å². The Balaban J connectivity index is 1.93. The molecule has 2 N–H and O–H groups in total. The average molecular weight is 408 g/mol. The maximum absolute atomic E-state index is 13.5.